The molecule has 3 aromatic heterocycles. The molecular formula is C26H24N4OS. The zero-order valence-corrected chi connectivity index (χ0v) is 18.5. The number of benzene rings is 2. The van der Waals surface area contributed by atoms with Gasteiger partial charge in [0, 0.05) is 47.8 Å². The first-order chi connectivity index (χ1) is 15.8. The number of carbonyl (C=O) groups is 1. The Morgan fingerprint density at radius 2 is 1.78 bits per heavy atom. The van der Waals surface area contributed by atoms with Crippen LogP contribution in [0.2, 0.25) is 0 Å². The van der Waals surface area contributed by atoms with E-state index in [0.717, 1.165) is 29.2 Å². The number of para-hydroxylation sites is 1. The van der Waals surface area contributed by atoms with Crippen LogP contribution in [0, 0.1) is 0 Å². The summed E-state index contributed by atoms with van der Waals surface area (Å²) >= 11 is 1.64. The van der Waals surface area contributed by atoms with Crippen molar-refractivity contribution >= 4 is 34.2 Å². The highest BCUT2D eigenvalue weighted by Crippen LogP contribution is 2.26. The summed E-state index contributed by atoms with van der Waals surface area (Å²) in [7, 11) is 0. The van der Waals surface area contributed by atoms with Gasteiger partial charge in [-0.1, -0.05) is 36.4 Å². The Labute approximate surface area is 191 Å². The largest absolute Gasteiger partial charge is 0.352 e. The lowest BCUT2D eigenvalue weighted by molar-refractivity contribution is 0.0950. The van der Waals surface area contributed by atoms with Gasteiger partial charge in [-0.3, -0.25) is 4.79 Å². The summed E-state index contributed by atoms with van der Waals surface area (Å²) in [5, 5.41) is 4.33. The number of carbonyl (C=O) groups excluding carboxylic acids is 1. The number of imidazole rings is 1. The molecule has 0 aliphatic rings. The van der Waals surface area contributed by atoms with Crippen LogP contribution in [0.1, 0.15) is 22.5 Å². The number of amides is 1. The van der Waals surface area contributed by atoms with Crippen LogP contribution in [-0.4, -0.2) is 26.4 Å². The smallest absolute Gasteiger partial charge is 0.252 e. The van der Waals surface area contributed by atoms with Crippen LogP contribution < -0.4 is 5.32 Å². The van der Waals surface area contributed by atoms with Crippen LogP contribution >= 0.6 is 11.8 Å². The number of aryl methyl sites for hydroxylation is 1. The molecule has 32 heavy (non-hydrogen) atoms. The summed E-state index contributed by atoms with van der Waals surface area (Å²) in [6.45, 7) is 1.51. The van der Waals surface area contributed by atoms with E-state index < -0.39 is 0 Å². The standard InChI is InChI=1S/C26H24N4OS/c31-26(27-14-7-16-29-17-13-20-8-1-3-10-23(20)29)22-9-2-4-11-24(22)32-19-21-18-30-15-6-5-12-25(30)28-21/h1-6,8-13,15,17-18H,7,14,16,19H2,(H,27,31). The highest BCUT2D eigenvalue weighted by Gasteiger charge is 2.12. The fraction of sp³-hybridized carbons (Fsp3) is 0.154. The Hall–Kier alpha value is -3.51. The molecule has 0 spiro atoms. The number of fused-ring (bicyclic) bond motifs is 2. The van der Waals surface area contributed by atoms with Crippen molar-refractivity contribution in [1.82, 2.24) is 19.3 Å². The van der Waals surface area contributed by atoms with Gasteiger partial charge in [0.15, 0.2) is 0 Å². The molecule has 5 rings (SSSR count). The van der Waals surface area contributed by atoms with Crippen molar-refractivity contribution in [2.75, 3.05) is 6.54 Å². The van der Waals surface area contributed by atoms with E-state index in [2.05, 4.69) is 51.4 Å². The van der Waals surface area contributed by atoms with Gasteiger partial charge in [0.25, 0.3) is 5.91 Å². The second kappa shape index (κ2) is 9.32. The maximum absolute atomic E-state index is 12.8. The van der Waals surface area contributed by atoms with Crippen molar-refractivity contribution in [3.8, 4) is 0 Å². The zero-order valence-electron chi connectivity index (χ0n) is 17.6. The van der Waals surface area contributed by atoms with Gasteiger partial charge >= 0.3 is 0 Å². The summed E-state index contributed by atoms with van der Waals surface area (Å²) in [6, 6.07) is 24.2. The van der Waals surface area contributed by atoms with E-state index in [-0.39, 0.29) is 5.91 Å². The molecule has 0 saturated heterocycles. The van der Waals surface area contributed by atoms with E-state index >= 15 is 0 Å². The molecule has 0 unspecified atom stereocenters. The second-order valence-electron chi connectivity index (χ2n) is 7.66. The molecule has 0 fully saturated rings. The highest BCUT2D eigenvalue weighted by molar-refractivity contribution is 7.98. The third kappa shape index (κ3) is 4.41. The minimum absolute atomic E-state index is 0.0273. The topological polar surface area (TPSA) is 51.3 Å². The van der Waals surface area contributed by atoms with Gasteiger partial charge < -0.3 is 14.3 Å². The number of pyridine rings is 1. The molecule has 0 saturated carbocycles. The molecule has 3 heterocycles. The number of nitrogens with one attached hydrogen (secondary N) is 1. The van der Waals surface area contributed by atoms with Crippen molar-refractivity contribution in [2.45, 2.75) is 23.6 Å². The molecule has 0 aliphatic heterocycles. The van der Waals surface area contributed by atoms with Gasteiger partial charge in [-0.2, -0.15) is 0 Å². The van der Waals surface area contributed by atoms with Gasteiger partial charge in [0.05, 0.1) is 11.3 Å². The number of hydrogen-bond acceptors (Lipinski definition) is 3. The van der Waals surface area contributed by atoms with Crippen molar-refractivity contribution in [2.24, 2.45) is 0 Å². The zero-order chi connectivity index (χ0) is 21.8. The molecule has 1 N–H and O–H groups in total. The van der Waals surface area contributed by atoms with Crippen LogP contribution in [0.25, 0.3) is 16.6 Å². The van der Waals surface area contributed by atoms with Crippen molar-refractivity contribution in [1.29, 1.82) is 0 Å². The average molecular weight is 441 g/mol. The molecule has 0 aliphatic carbocycles. The maximum Gasteiger partial charge on any atom is 0.252 e. The van der Waals surface area contributed by atoms with Gasteiger partial charge in [-0.15, -0.1) is 11.8 Å². The van der Waals surface area contributed by atoms with E-state index in [9.17, 15) is 4.79 Å². The Balaban J connectivity index is 1.18. The van der Waals surface area contributed by atoms with E-state index in [1.807, 2.05) is 59.3 Å². The Morgan fingerprint density at radius 1 is 0.938 bits per heavy atom. The van der Waals surface area contributed by atoms with E-state index in [1.165, 1.54) is 10.9 Å². The average Bonchev–Trinajstić information content (AvgIpc) is 3.44. The number of rotatable bonds is 8. The molecule has 2 aromatic carbocycles. The van der Waals surface area contributed by atoms with Crippen molar-refractivity contribution in [3.05, 3.63) is 103 Å². The highest BCUT2D eigenvalue weighted by atomic mass is 32.2. The molecule has 1 amide bonds. The van der Waals surface area contributed by atoms with Crippen LogP contribution in [0.4, 0.5) is 0 Å². The van der Waals surface area contributed by atoms with E-state index in [4.69, 9.17) is 0 Å². The normalized spacial score (nSPS) is 11.2. The Bertz CT molecular complexity index is 1340. The quantitative estimate of drug-likeness (QED) is 0.260. The Morgan fingerprint density at radius 3 is 2.72 bits per heavy atom. The lowest BCUT2D eigenvalue weighted by atomic mass is 10.2. The summed E-state index contributed by atoms with van der Waals surface area (Å²) < 4.78 is 4.25. The third-order valence-electron chi connectivity index (χ3n) is 5.46. The number of thioether (sulfide) groups is 1. The monoisotopic (exact) mass is 440 g/mol. The molecular weight excluding hydrogens is 416 g/mol. The summed E-state index contributed by atoms with van der Waals surface area (Å²) in [4.78, 5) is 18.5. The Kier molecular flexibility index (Phi) is 5.94. The molecule has 160 valence electrons. The molecule has 5 aromatic rings. The second-order valence-corrected chi connectivity index (χ2v) is 8.68. The molecule has 0 bridgehead atoms. The van der Waals surface area contributed by atoms with Gasteiger partial charge in [0.2, 0.25) is 0 Å². The van der Waals surface area contributed by atoms with E-state index in [1.54, 1.807) is 11.8 Å². The van der Waals surface area contributed by atoms with Crippen molar-refractivity contribution < 1.29 is 4.79 Å². The van der Waals surface area contributed by atoms with Gasteiger partial charge in [-0.25, -0.2) is 4.98 Å². The third-order valence-corrected chi connectivity index (χ3v) is 6.57. The molecule has 6 heteroatoms. The lowest BCUT2D eigenvalue weighted by Gasteiger charge is -2.10. The minimum atomic E-state index is -0.0273. The predicted octanol–water partition coefficient (Wildman–Crippen LogP) is 5.40. The van der Waals surface area contributed by atoms with Gasteiger partial charge in [-0.05, 0) is 48.2 Å². The molecule has 5 nitrogen and oxygen atoms in total. The van der Waals surface area contributed by atoms with Crippen molar-refractivity contribution in [3.63, 3.8) is 0 Å². The first kappa shape index (κ1) is 20.4. The summed E-state index contributed by atoms with van der Waals surface area (Å²) in [5.41, 5.74) is 3.88. The van der Waals surface area contributed by atoms with Crippen LogP contribution in [-0.2, 0) is 12.3 Å². The van der Waals surface area contributed by atoms with Crippen LogP contribution in [0.5, 0.6) is 0 Å². The molecule has 0 atom stereocenters. The predicted molar refractivity (Wildman–Crippen MR) is 130 cm³/mol. The SMILES string of the molecule is O=C(NCCCn1ccc2ccccc21)c1ccccc1SCc1cn2ccccc2n1. The number of hydrogen-bond donors (Lipinski definition) is 1. The fourth-order valence-corrected chi connectivity index (χ4v) is 4.80. The summed E-state index contributed by atoms with van der Waals surface area (Å²) in [5.74, 6) is 0.688. The van der Waals surface area contributed by atoms with Gasteiger partial charge in [0.1, 0.15) is 5.65 Å². The number of aromatic nitrogens is 3. The van der Waals surface area contributed by atoms with Crippen LogP contribution in [0.15, 0.2) is 96.3 Å². The first-order valence-electron chi connectivity index (χ1n) is 10.7. The first-order valence-corrected chi connectivity index (χ1v) is 11.7. The lowest BCUT2D eigenvalue weighted by Crippen LogP contribution is -2.25. The number of nitrogens with zero attached hydrogens (tertiary/aromatic N) is 3. The maximum atomic E-state index is 12.8. The fourth-order valence-electron chi connectivity index (χ4n) is 3.87. The minimum Gasteiger partial charge on any atom is -0.352 e. The summed E-state index contributed by atoms with van der Waals surface area (Å²) in [6.07, 6.45) is 7.02. The van der Waals surface area contributed by atoms with Crippen LogP contribution in [0.3, 0.4) is 0 Å². The van der Waals surface area contributed by atoms with E-state index in [0.29, 0.717) is 17.9 Å². The molecule has 0 radical (unpaired) electrons.